The van der Waals surface area contributed by atoms with Crippen molar-refractivity contribution in [2.24, 2.45) is 5.10 Å². The van der Waals surface area contributed by atoms with Crippen molar-refractivity contribution < 1.29 is 13.2 Å². The van der Waals surface area contributed by atoms with E-state index in [2.05, 4.69) is 66.9 Å². The van der Waals surface area contributed by atoms with E-state index in [1.54, 1.807) is 53.6 Å². The average Bonchev–Trinajstić information content (AvgIpc) is 3.02. The maximum absolute atomic E-state index is 12.7. The van der Waals surface area contributed by atoms with Crippen molar-refractivity contribution >= 4 is 28.0 Å². The number of nitrogens with one attached hydrogen (secondary N) is 1. The molecule has 45 heavy (non-hydrogen) atoms. The number of nitrogens with zero attached hydrogens (tertiary/aromatic N) is 4. The van der Waals surface area contributed by atoms with Crippen LogP contribution in [0.15, 0.2) is 107 Å². The second-order valence-corrected chi connectivity index (χ2v) is 13.8. The zero-order chi connectivity index (χ0) is 32.5. The van der Waals surface area contributed by atoms with E-state index in [0.717, 1.165) is 41.8 Å². The number of aromatic nitrogens is 1. The normalized spacial score (nSPS) is 12.1. The predicted molar refractivity (Wildman–Crippen MR) is 182 cm³/mol. The third-order valence-electron chi connectivity index (χ3n) is 7.50. The number of amides is 1. The van der Waals surface area contributed by atoms with Gasteiger partial charge in [0.25, 0.3) is 10.0 Å². The molecule has 236 valence electrons. The van der Waals surface area contributed by atoms with Crippen LogP contribution in [0.5, 0.6) is 0 Å². The second-order valence-electron chi connectivity index (χ2n) is 12.1. The first-order valence-corrected chi connectivity index (χ1v) is 16.7. The lowest BCUT2D eigenvalue weighted by atomic mass is 9.87. The Bertz CT molecular complexity index is 1680. The van der Waals surface area contributed by atoms with Crippen molar-refractivity contribution in [3.8, 4) is 11.3 Å². The van der Waals surface area contributed by atoms with Gasteiger partial charge in [0.1, 0.15) is 5.84 Å². The summed E-state index contributed by atoms with van der Waals surface area (Å²) >= 11 is 0. The fourth-order valence-electron chi connectivity index (χ4n) is 4.93. The van der Waals surface area contributed by atoms with Gasteiger partial charge in [-0.2, -0.15) is 5.10 Å². The van der Waals surface area contributed by atoms with E-state index in [9.17, 15) is 13.2 Å². The second kappa shape index (κ2) is 15.0. The number of pyridine rings is 1. The summed E-state index contributed by atoms with van der Waals surface area (Å²) in [6.45, 7) is 9.76. The maximum Gasteiger partial charge on any atom is 0.261 e. The number of carbonyl (C=O) groups excluding carboxylic acids is 1. The van der Waals surface area contributed by atoms with E-state index in [-0.39, 0.29) is 10.3 Å². The van der Waals surface area contributed by atoms with Gasteiger partial charge in [-0.25, -0.2) is 8.42 Å². The lowest BCUT2D eigenvalue weighted by Gasteiger charge is -2.22. The van der Waals surface area contributed by atoms with E-state index in [1.807, 2.05) is 31.1 Å². The molecule has 4 rings (SSSR count). The molecule has 4 aromatic rings. The Kier molecular flexibility index (Phi) is 11.1. The number of hydrogen-bond donors (Lipinski definition) is 1. The number of rotatable bonds is 13. The zero-order valence-corrected chi connectivity index (χ0v) is 27.6. The van der Waals surface area contributed by atoms with Crippen molar-refractivity contribution in [2.75, 3.05) is 18.3 Å². The number of anilines is 1. The van der Waals surface area contributed by atoms with Crippen LogP contribution in [0.25, 0.3) is 11.3 Å². The Labute approximate surface area is 267 Å². The number of hydrazone groups is 1. The SMILES string of the molecule is CCN(C=O)/C(CCCc1ccc(-c2cc(NS(=O)(=O)c3ccccc3)ccn2)cc1)=N\N(C)Cc1ccc(C(C)(C)C)cc1. The van der Waals surface area contributed by atoms with Crippen LogP contribution in [-0.2, 0) is 33.2 Å². The van der Waals surface area contributed by atoms with Gasteiger partial charge in [-0.3, -0.25) is 19.5 Å². The topological polar surface area (TPSA) is 95.0 Å². The summed E-state index contributed by atoms with van der Waals surface area (Å²) in [5.41, 5.74) is 5.72. The Morgan fingerprint density at radius 2 is 1.60 bits per heavy atom. The van der Waals surface area contributed by atoms with Crippen LogP contribution >= 0.6 is 0 Å². The molecule has 0 atom stereocenters. The molecule has 0 radical (unpaired) electrons. The third kappa shape index (κ3) is 9.49. The smallest absolute Gasteiger partial charge is 0.261 e. The Hall–Kier alpha value is -4.50. The van der Waals surface area contributed by atoms with Crippen LogP contribution in [0.3, 0.4) is 0 Å². The number of carbonyl (C=O) groups is 1. The highest BCUT2D eigenvalue weighted by Crippen LogP contribution is 2.24. The van der Waals surface area contributed by atoms with E-state index in [4.69, 9.17) is 5.10 Å². The molecule has 1 heterocycles. The highest BCUT2D eigenvalue weighted by Gasteiger charge is 2.15. The van der Waals surface area contributed by atoms with E-state index < -0.39 is 10.0 Å². The van der Waals surface area contributed by atoms with Crippen LogP contribution in [-0.4, -0.2) is 49.1 Å². The molecule has 8 nitrogen and oxygen atoms in total. The van der Waals surface area contributed by atoms with Gasteiger partial charge in [-0.15, -0.1) is 0 Å². The summed E-state index contributed by atoms with van der Waals surface area (Å²) in [4.78, 5) is 18.1. The molecule has 0 aliphatic rings. The number of hydrogen-bond acceptors (Lipinski definition) is 6. The third-order valence-corrected chi connectivity index (χ3v) is 8.90. The number of sulfonamides is 1. The molecule has 1 N–H and O–H groups in total. The molecule has 0 spiro atoms. The molecule has 1 aromatic heterocycles. The van der Waals surface area contributed by atoms with Gasteiger partial charge in [-0.05, 0) is 66.1 Å². The zero-order valence-electron chi connectivity index (χ0n) is 26.8. The first-order chi connectivity index (χ1) is 21.5. The van der Waals surface area contributed by atoms with Gasteiger partial charge < -0.3 is 4.90 Å². The first kappa shape index (κ1) is 33.4. The molecule has 0 saturated carbocycles. The maximum atomic E-state index is 12.7. The van der Waals surface area contributed by atoms with Crippen LogP contribution in [0.2, 0.25) is 0 Å². The fraction of sp³-hybridized carbons (Fsp3) is 0.306. The summed E-state index contributed by atoms with van der Waals surface area (Å²) in [5.74, 6) is 0.747. The minimum absolute atomic E-state index is 0.106. The van der Waals surface area contributed by atoms with Crippen LogP contribution in [0.1, 0.15) is 57.2 Å². The van der Waals surface area contributed by atoms with Gasteiger partial charge in [0.05, 0.1) is 22.8 Å². The average molecular weight is 626 g/mol. The van der Waals surface area contributed by atoms with Crippen LogP contribution < -0.4 is 4.72 Å². The lowest BCUT2D eigenvalue weighted by Crippen LogP contribution is -2.31. The standard InChI is InChI=1S/C36H43N5O3S/c1-6-41(27-42)35(38-40(5)26-29-17-21-31(22-18-29)36(2,3)4)14-10-11-28-15-19-30(20-16-28)34-25-32(23-24-37-34)39-45(43,44)33-12-8-7-9-13-33/h7-9,12-13,15-25,27H,6,10-11,14,26H2,1-5H3,(H,37,39)/b38-35-. The Morgan fingerprint density at radius 3 is 2.22 bits per heavy atom. The molecular weight excluding hydrogens is 582 g/mol. The number of amidine groups is 1. The fourth-order valence-corrected chi connectivity index (χ4v) is 6.00. The molecule has 0 bridgehead atoms. The molecule has 9 heteroatoms. The van der Waals surface area contributed by atoms with E-state index in [1.165, 1.54) is 5.56 Å². The van der Waals surface area contributed by atoms with Crippen molar-refractivity contribution in [3.05, 3.63) is 114 Å². The molecule has 0 unspecified atom stereocenters. The van der Waals surface area contributed by atoms with Gasteiger partial charge >= 0.3 is 0 Å². The molecule has 3 aromatic carbocycles. The summed E-state index contributed by atoms with van der Waals surface area (Å²) in [6, 6.07) is 28.3. The first-order valence-electron chi connectivity index (χ1n) is 15.2. The molecule has 0 aliphatic carbocycles. The minimum Gasteiger partial charge on any atom is -0.302 e. The summed E-state index contributed by atoms with van der Waals surface area (Å²) in [6.07, 6.45) is 4.74. The largest absolute Gasteiger partial charge is 0.302 e. The summed E-state index contributed by atoms with van der Waals surface area (Å²) < 4.78 is 28.1. The molecular formula is C36H43N5O3S. The van der Waals surface area contributed by atoms with Gasteiger partial charge in [0.2, 0.25) is 6.41 Å². The lowest BCUT2D eigenvalue weighted by molar-refractivity contribution is -0.114. The summed E-state index contributed by atoms with van der Waals surface area (Å²) in [5, 5.41) is 6.70. The van der Waals surface area contributed by atoms with Crippen molar-refractivity contribution in [3.63, 3.8) is 0 Å². The van der Waals surface area contributed by atoms with Crippen molar-refractivity contribution in [2.45, 2.75) is 63.8 Å². The predicted octanol–water partition coefficient (Wildman–Crippen LogP) is 7.09. The molecule has 1 amide bonds. The Balaban J connectivity index is 1.37. The summed E-state index contributed by atoms with van der Waals surface area (Å²) in [7, 11) is -1.76. The number of benzene rings is 3. The quantitative estimate of drug-likeness (QED) is 0.0741. The monoisotopic (exact) mass is 625 g/mol. The highest BCUT2D eigenvalue weighted by molar-refractivity contribution is 7.92. The van der Waals surface area contributed by atoms with E-state index in [0.29, 0.717) is 30.9 Å². The molecule has 0 aliphatic heterocycles. The highest BCUT2D eigenvalue weighted by atomic mass is 32.2. The number of aryl methyl sites for hydroxylation is 1. The van der Waals surface area contributed by atoms with Gasteiger partial charge in [0.15, 0.2) is 0 Å². The molecule has 0 saturated heterocycles. The van der Waals surface area contributed by atoms with Gasteiger partial charge in [-0.1, -0.05) is 87.5 Å². The van der Waals surface area contributed by atoms with Crippen molar-refractivity contribution in [1.29, 1.82) is 0 Å². The van der Waals surface area contributed by atoms with Crippen LogP contribution in [0.4, 0.5) is 5.69 Å². The van der Waals surface area contributed by atoms with Gasteiger partial charge in [0, 0.05) is 31.8 Å². The van der Waals surface area contributed by atoms with Crippen LogP contribution in [0, 0.1) is 0 Å². The van der Waals surface area contributed by atoms with E-state index >= 15 is 0 Å². The molecule has 0 fully saturated rings. The Morgan fingerprint density at radius 1 is 0.933 bits per heavy atom. The van der Waals surface area contributed by atoms with Crippen molar-refractivity contribution in [1.82, 2.24) is 14.9 Å². The minimum atomic E-state index is -3.69.